The number of thiazole rings is 1. The van der Waals surface area contributed by atoms with Crippen LogP contribution in [0.15, 0.2) is 10.4 Å². The smallest absolute Gasteiger partial charge is 0.208 e. The zero-order valence-corrected chi connectivity index (χ0v) is 10.4. The van der Waals surface area contributed by atoms with Crippen molar-refractivity contribution in [3.05, 3.63) is 16.1 Å². The van der Waals surface area contributed by atoms with Gasteiger partial charge in [0.1, 0.15) is 0 Å². The van der Waals surface area contributed by atoms with E-state index in [2.05, 4.69) is 20.8 Å². The molecule has 0 unspecified atom stereocenters. The Balaban J connectivity index is 1.97. The maximum Gasteiger partial charge on any atom is 0.208 e. The van der Waals surface area contributed by atoms with Crippen LogP contribution in [-0.4, -0.2) is 28.9 Å². The van der Waals surface area contributed by atoms with E-state index in [0.717, 1.165) is 23.2 Å². The van der Waals surface area contributed by atoms with Crippen LogP contribution >= 0.6 is 11.3 Å². The molecule has 0 bridgehead atoms. The lowest BCUT2D eigenvalue weighted by molar-refractivity contribution is 0.470. The molecule has 1 aliphatic rings. The Morgan fingerprint density at radius 2 is 2.50 bits per heavy atom. The fraction of sp³-hybridized carbons (Fsp3) is 0.600. The summed E-state index contributed by atoms with van der Waals surface area (Å²) in [6.07, 6.45) is 2.35. The molecule has 1 aromatic heterocycles. The first kappa shape index (κ1) is 11.3. The third-order valence-corrected chi connectivity index (χ3v) is 3.23. The average Bonchev–Trinajstić information content (AvgIpc) is 2.98. The molecule has 0 amide bonds. The molecule has 2 rings (SSSR count). The minimum atomic E-state index is 0.464. The summed E-state index contributed by atoms with van der Waals surface area (Å²) in [5.41, 5.74) is 3.71. The van der Waals surface area contributed by atoms with E-state index in [1.54, 1.807) is 11.3 Å². The van der Waals surface area contributed by atoms with Gasteiger partial charge in [0.25, 0.3) is 0 Å². The lowest BCUT2D eigenvalue weighted by Gasteiger charge is -2.19. The first-order chi connectivity index (χ1) is 7.69. The normalized spacial score (nSPS) is 16.3. The van der Waals surface area contributed by atoms with Crippen molar-refractivity contribution in [3.8, 4) is 0 Å². The molecule has 1 aliphatic carbocycles. The molecule has 0 radical (unpaired) electrons. The molecule has 1 fully saturated rings. The van der Waals surface area contributed by atoms with Gasteiger partial charge in [0, 0.05) is 12.4 Å². The first-order valence-electron chi connectivity index (χ1n) is 5.35. The molecule has 1 saturated carbocycles. The van der Waals surface area contributed by atoms with E-state index in [1.165, 1.54) is 12.8 Å². The van der Waals surface area contributed by atoms with Gasteiger partial charge in [0.15, 0.2) is 0 Å². The van der Waals surface area contributed by atoms with Gasteiger partial charge in [-0.1, -0.05) is 0 Å². The Morgan fingerprint density at radius 1 is 1.75 bits per heavy atom. The lowest BCUT2D eigenvalue weighted by atomic mass is 10.4. The number of nitrogens with one attached hydrogen (secondary N) is 1. The number of hydrogen-bond acceptors (Lipinski definition) is 4. The van der Waals surface area contributed by atoms with E-state index in [9.17, 15) is 0 Å². The van der Waals surface area contributed by atoms with Crippen molar-refractivity contribution >= 4 is 17.3 Å². The molecule has 16 heavy (non-hydrogen) atoms. The predicted molar refractivity (Wildman–Crippen MR) is 66.1 cm³/mol. The molecule has 1 aromatic rings. The quantitative estimate of drug-likeness (QED) is 0.355. The minimum absolute atomic E-state index is 0.464. The largest absolute Gasteiger partial charge is 0.339 e. The van der Waals surface area contributed by atoms with Crippen molar-refractivity contribution in [1.29, 1.82) is 0 Å². The highest BCUT2D eigenvalue weighted by Gasteiger charge is 2.22. The molecule has 0 aliphatic heterocycles. The summed E-state index contributed by atoms with van der Waals surface area (Å²) >= 11 is 1.66. The zero-order chi connectivity index (χ0) is 11.5. The van der Waals surface area contributed by atoms with Gasteiger partial charge in [-0.25, -0.2) is 15.8 Å². The van der Waals surface area contributed by atoms with Crippen molar-refractivity contribution in [1.82, 2.24) is 15.3 Å². The highest BCUT2D eigenvalue weighted by molar-refractivity contribution is 7.09. The first-order valence-corrected chi connectivity index (χ1v) is 6.23. The third kappa shape index (κ3) is 2.93. The number of aromatic nitrogens is 1. The highest BCUT2D eigenvalue weighted by Crippen LogP contribution is 2.23. The van der Waals surface area contributed by atoms with Gasteiger partial charge in [0.05, 0.1) is 23.3 Å². The number of nitrogens with zero attached hydrogens (tertiary/aromatic N) is 3. The van der Waals surface area contributed by atoms with Crippen LogP contribution in [-0.2, 0) is 6.54 Å². The van der Waals surface area contributed by atoms with Crippen LogP contribution in [0.4, 0.5) is 0 Å². The van der Waals surface area contributed by atoms with Crippen LogP contribution in [0.2, 0.25) is 0 Å². The maximum absolute atomic E-state index is 5.47. The Kier molecular flexibility index (Phi) is 3.40. The number of aliphatic imine (C=N–C) groups is 1. The Labute approximate surface area is 99.4 Å². The van der Waals surface area contributed by atoms with Crippen molar-refractivity contribution in [2.45, 2.75) is 32.4 Å². The predicted octanol–water partition coefficient (Wildman–Crippen LogP) is 0.865. The summed E-state index contributed by atoms with van der Waals surface area (Å²) in [5.74, 6) is 6.21. The van der Waals surface area contributed by atoms with Crippen molar-refractivity contribution in [2.75, 3.05) is 7.05 Å². The number of hydrazine groups is 1. The van der Waals surface area contributed by atoms with Gasteiger partial charge in [-0.2, -0.15) is 0 Å². The second kappa shape index (κ2) is 4.80. The van der Waals surface area contributed by atoms with E-state index in [4.69, 9.17) is 5.84 Å². The van der Waals surface area contributed by atoms with Crippen molar-refractivity contribution in [3.63, 3.8) is 0 Å². The van der Waals surface area contributed by atoms with Crippen LogP contribution in [0.1, 0.15) is 23.5 Å². The second-order valence-electron chi connectivity index (χ2n) is 4.04. The van der Waals surface area contributed by atoms with Gasteiger partial charge in [-0.05, 0) is 19.8 Å². The van der Waals surface area contributed by atoms with Crippen LogP contribution < -0.4 is 11.3 Å². The topological polar surface area (TPSA) is 66.5 Å². The number of hydrogen-bond donors (Lipinski definition) is 2. The van der Waals surface area contributed by atoms with Crippen LogP contribution in [0.25, 0.3) is 0 Å². The number of nitrogens with two attached hydrogens (primary N) is 1. The number of guanidine groups is 1. The van der Waals surface area contributed by atoms with E-state index in [-0.39, 0.29) is 0 Å². The van der Waals surface area contributed by atoms with E-state index < -0.39 is 0 Å². The van der Waals surface area contributed by atoms with Gasteiger partial charge >= 0.3 is 0 Å². The van der Waals surface area contributed by atoms with Gasteiger partial charge in [-0.3, -0.25) is 5.43 Å². The van der Waals surface area contributed by atoms with Crippen molar-refractivity contribution in [2.24, 2.45) is 10.8 Å². The van der Waals surface area contributed by atoms with Gasteiger partial charge in [0.2, 0.25) is 5.96 Å². The number of aryl methyl sites for hydroxylation is 1. The molecule has 3 N–H and O–H groups in total. The Bertz CT molecular complexity index is 382. The van der Waals surface area contributed by atoms with Crippen LogP contribution in [0.5, 0.6) is 0 Å². The van der Waals surface area contributed by atoms with E-state index >= 15 is 0 Å². The summed E-state index contributed by atoms with van der Waals surface area (Å²) in [7, 11) is 1.97. The molecule has 1 heterocycles. The standard InChI is InChI=1S/C10H17N5S/c1-7-12-9(6-16-7)5-15(2)10(14-11)13-8-3-4-8/h6,8H,3-5,11H2,1-2H3,(H,13,14). The summed E-state index contributed by atoms with van der Waals surface area (Å²) in [6.45, 7) is 2.74. The summed E-state index contributed by atoms with van der Waals surface area (Å²) < 4.78 is 0. The molecule has 0 atom stereocenters. The molecule has 5 nitrogen and oxygen atoms in total. The fourth-order valence-electron chi connectivity index (χ4n) is 1.42. The summed E-state index contributed by atoms with van der Waals surface area (Å²) in [6, 6.07) is 0.464. The Hall–Kier alpha value is -1.14. The van der Waals surface area contributed by atoms with Crippen LogP contribution in [0.3, 0.4) is 0 Å². The van der Waals surface area contributed by atoms with Crippen LogP contribution in [0, 0.1) is 6.92 Å². The minimum Gasteiger partial charge on any atom is -0.339 e. The Morgan fingerprint density at radius 3 is 3.00 bits per heavy atom. The molecule has 6 heteroatoms. The number of rotatable bonds is 3. The monoisotopic (exact) mass is 239 g/mol. The van der Waals surface area contributed by atoms with Gasteiger partial charge < -0.3 is 4.90 Å². The van der Waals surface area contributed by atoms with Crippen molar-refractivity contribution < 1.29 is 0 Å². The maximum atomic E-state index is 5.47. The highest BCUT2D eigenvalue weighted by atomic mass is 32.1. The summed E-state index contributed by atoms with van der Waals surface area (Å²) in [4.78, 5) is 10.9. The molecular weight excluding hydrogens is 222 g/mol. The average molecular weight is 239 g/mol. The molecule has 0 aromatic carbocycles. The fourth-order valence-corrected chi connectivity index (χ4v) is 2.03. The summed E-state index contributed by atoms with van der Waals surface area (Å²) in [5, 5.41) is 3.15. The second-order valence-corrected chi connectivity index (χ2v) is 5.10. The third-order valence-electron chi connectivity index (χ3n) is 2.41. The lowest BCUT2D eigenvalue weighted by Crippen LogP contribution is -2.42. The van der Waals surface area contributed by atoms with E-state index in [1.807, 2.05) is 18.9 Å². The zero-order valence-electron chi connectivity index (χ0n) is 9.60. The van der Waals surface area contributed by atoms with E-state index in [0.29, 0.717) is 6.04 Å². The molecule has 0 spiro atoms. The molecule has 0 saturated heterocycles. The SMILES string of the molecule is Cc1nc(CN(C)C(=NC2CC2)NN)cs1. The molecule has 88 valence electrons. The van der Waals surface area contributed by atoms with Gasteiger partial charge in [-0.15, -0.1) is 11.3 Å². The molecular formula is C10H17N5S.